The second-order valence-electron chi connectivity index (χ2n) is 4.16. The molecule has 0 saturated carbocycles. The number of thioether (sulfide) groups is 1. The second kappa shape index (κ2) is 6.38. The molecule has 0 radical (unpaired) electrons. The lowest BCUT2D eigenvalue weighted by Crippen LogP contribution is -2.34. The minimum atomic E-state index is -0.504. The summed E-state index contributed by atoms with van der Waals surface area (Å²) in [5.41, 5.74) is 0.920. The van der Waals surface area contributed by atoms with Crippen molar-refractivity contribution in [1.82, 2.24) is 4.90 Å². The average molecular weight is 278 g/mol. The third-order valence-electron chi connectivity index (χ3n) is 2.76. The molecule has 100 valence electrons. The third kappa shape index (κ3) is 3.82. The van der Waals surface area contributed by atoms with Crippen LogP contribution in [0.2, 0.25) is 0 Å². The van der Waals surface area contributed by atoms with Crippen LogP contribution in [0, 0.1) is 10.1 Å². The topological polar surface area (TPSA) is 63.5 Å². The summed E-state index contributed by atoms with van der Waals surface area (Å²) in [5.74, 6) is 0.723. The van der Waals surface area contributed by atoms with Gasteiger partial charge in [0.15, 0.2) is 0 Å². The molecule has 0 spiro atoms. The maximum absolute atomic E-state index is 12.2. The summed E-state index contributed by atoms with van der Waals surface area (Å²) in [7, 11) is 0. The van der Waals surface area contributed by atoms with Gasteiger partial charge in [0.05, 0.1) is 11.3 Å². The Hall–Kier alpha value is -1.82. The number of hydrogen-bond donors (Lipinski definition) is 0. The number of carbonyl (C=O) groups is 1. The van der Waals surface area contributed by atoms with E-state index in [-0.39, 0.29) is 12.3 Å². The molecule has 2 rings (SSSR count). The average Bonchev–Trinajstić information content (AvgIpc) is 2.39. The van der Waals surface area contributed by atoms with Crippen molar-refractivity contribution in [1.29, 1.82) is 0 Å². The van der Waals surface area contributed by atoms with Gasteiger partial charge >= 0.3 is 0 Å². The SMILES string of the molecule is O=C(Cc1ccccc1)N1CCCS/C1=C\[N+](=O)[O-]. The number of amides is 1. The summed E-state index contributed by atoms with van der Waals surface area (Å²) in [6, 6.07) is 9.41. The molecule has 19 heavy (non-hydrogen) atoms. The van der Waals surface area contributed by atoms with Gasteiger partial charge in [-0.1, -0.05) is 30.3 Å². The molecular weight excluding hydrogens is 264 g/mol. The Bertz CT molecular complexity index is 502. The predicted octanol–water partition coefficient (Wildman–Crippen LogP) is 2.27. The molecule has 1 heterocycles. The van der Waals surface area contributed by atoms with E-state index in [1.54, 1.807) is 0 Å². The van der Waals surface area contributed by atoms with Gasteiger partial charge in [-0.05, 0) is 12.0 Å². The molecule has 0 N–H and O–H groups in total. The molecule has 0 unspecified atom stereocenters. The van der Waals surface area contributed by atoms with E-state index in [4.69, 9.17) is 0 Å². The standard InChI is InChI=1S/C13H14N2O3S/c16-12(9-11-5-2-1-3-6-11)14-7-4-8-19-13(14)10-15(17)18/h1-3,5-6,10H,4,7-9H2/b13-10-. The van der Waals surface area contributed by atoms with Crippen LogP contribution < -0.4 is 0 Å². The number of rotatable bonds is 3. The highest BCUT2D eigenvalue weighted by molar-refractivity contribution is 8.03. The zero-order chi connectivity index (χ0) is 13.7. The summed E-state index contributed by atoms with van der Waals surface area (Å²) < 4.78 is 0. The monoisotopic (exact) mass is 278 g/mol. The fraction of sp³-hybridized carbons (Fsp3) is 0.308. The minimum Gasteiger partial charge on any atom is -0.301 e. The molecule has 6 heteroatoms. The van der Waals surface area contributed by atoms with Crippen LogP contribution >= 0.6 is 11.8 Å². The summed E-state index contributed by atoms with van der Waals surface area (Å²) in [4.78, 5) is 23.8. The van der Waals surface area contributed by atoms with Gasteiger partial charge < -0.3 is 4.90 Å². The minimum absolute atomic E-state index is 0.0912. The van der Waals surface area contributed by atoms with Crippen molar-refractivity contribution in [3.8, 4) is 0 Å². The molecule has 0 bridgehead atoms. The Morgan fingerprint density at radius 3 is 2.84 bits per heavy atom. The van der Waals surface area contributed by atoms with E-state index >= 15 is 0 Å². The van der Waals surface area contributed by atoms with Crippen LogP contribution in [0.1, 0.15) is 12.0 Å². The van der Waals surface area contributed by atoms with Crippen molar-refractivity contribution in [2.24, 2.45) is 0 Å². The highest BCUT2D eigenvalue weighted by Gasteiger charge is 2.24. The first-order chi connectivity index (χ1) is 9.16. The van der Waals surface area contributed by atoms with Crippen molar-refractivity contribution in [2.45, 2.75) is 12.8 Å². The van der Waals surface area contributed by atoms with E-state index in [0.717, 1.165) is 23.9 Å². The first kappa shape index (κ1) is 13.6. The van der Waals surface area contributed by atoms with Crippen LogP contribution in [0.5, 0.6) is 0 Å². The first-order valence-corrected chi connectivity index (χ1v) is 6.98. The lowest BCUT2D eigenvalue weighted by atomic mass is 10.1. The smallest absolute Gasteiger partial charge is 0.264 e. The molecule has 1 aromatic rings. The first-order valence-electron chi connectivity index (χ1n) is 5.99. The summed E-state index contributed by atoms with van der Waals surface area (Å²) in [5, 5.41) is 11.0. The molecule has 1 fully saturated rings. The van der Waals surface area contributed by atoms with Crippen molar-refractivity contribution in [3.63, 3.8) is 0 Å². The highest BCUT2D eigenvalue weighted by atomic mass is 32.2. The van der Waals surface area contributed by atoms with E-state index in [2.05, 4.69) is 0 Å². The number of nitrogens with zero attached hydrogens (tertiary/aromatic N) is 2. The lowest BCUT2D eigenvalue weighted by molar-refractivity contribution is -0.403. The lowest BCUT2D eigenvalue weighted by Gasteiger charge is -2.27. The molecule has 1 aliphatic heterocycles. The Kier molecular flexibility index (Phi) is 4.57. The zero-order valence-corrected chi connectivity index (χ0v) is 11.1. The number of hydrogen-bond acceptors (Lipinski definition) is 4. The van der Waals surface area contributed by atoms with Gasteiger partial charge in [0.1, 0.15) is 5.03 Å². The Morgan fingerprint density at radius 1 is 1.42 bits per heavy atom. The second-order valence-corrected chi connectivity index (χ2v) is 5.28. The number of nitro groups is 1. The molecule has 1 saturated heterocycles. The molecule has 1 aliphatic rings. The molecule has 1 aromatic carbocycles. The van der Waals surface area contributed by atoms with Crippen LogP contribution in [0.25, 0.3) is 0 Å². The predicted molar refractivity (Wildman–Crippen MR) is 74.0 cm³/mol. The van der Waals surface area contributed by atoms with E-state index in [9.17, 15) is 14.9 Å². The Morgan fingerprint density at radius 2 is 2.16 bits per heavy atom. The molecule has 5 nitrogen and oxygen atoms in total. The Balaban J connectivity index is 2.10. The van der Waals surface area contributed by atoms with Gasteiger partial charge in [-0.15, -0.1) is 11.8 Å². The highest BCUT2D eigenvalue weighted by Crippen LogP contribution is 2.27. The van der Waals surface area contributed by atoms with Crippen LogP contribution in [0.3, 0.4) is 0 Å². The fourth-order valence-corrected chi connectivity index (χ4v) is 2.89. The summed E-state index contributed by atoms with van der Waals surface area (Å²) in [6.45, 7) is 0.554. The quantitative estimate of drug-likeness (QED) is 0.628. The van der Waals surface area contributed by atoms with Gasteiger partial charge in [0, 0.05) is 12.3 Å². The largest absolute Gasteiger partial charge is 0.301 e. The van der Waals surface area contributed by atoms with Gasteiger partial charge in [-0.2, -0.15) is 0 Å². The van der Waals surface area contributed by atoms with Crippen LogP contribution in [0.15, 0.2) is 41.6 Å². The summed E-state index contributed by atoms with van der Waals surface area (Å²) in [6.07, 6.45) is 2.06. The van der Waals surface area contributed by atoms with Gasteiger partial charge in [0.25, 0.3) is 6.20 Å². The molecule has 0 aliphatic carbocycles. The Labute approximate surface area is 115 Å². The normalized spacial score (nSPS) is 17.5. The van der Waals surface area contributed by atoms with Gasteiger partial charge in [0.2, 0.25) is 5.91 Å². The van der Waals surface area contributed by atoms with E-state index in [1.807, 2.05) is 30.3 Å². The van der Waals surface area contributed by atoms with Crippen molar-refractivity contribution < 1.29 is 9.72 Å². The van der Waals surface area contributed by atoms with E-state index < -0.39 is 4.92 Å². The van der Waals surface area contributed by atoms with E-state index in [1.165, 1.54) is 16.7 Å². The fourth-order valence-electron chi connectivity index (χ4n) is 1.90. The maximum Gasteiger partial charge on any atom is 0.264 e. The van der Waals surface area contributed by atoms with E-state index in [0.29, 0.717) is 11.6 Å². The molecule has 0 aromatic heterocycles. The number of benzene rings is 1. The van der Waals surface area contributed by atoms with Crippen molar-refractivity contribution in [2.75, 3.05) is 12.3 Å². The number of carbonyl (C=O) groups excluding carboxylic acids is 1. The van der Waals surface area contributed by atoms with Crippen molar-refractivity contribution >= 4 is 17.7 Å². The van der Waals surface area contributed by atoms with Gasteiger partial charge in [-0.25, -0.2) is 0 Å². The molecular formula is C13H14N2O3S. The van der Waals surface area contributed by atoms with Crippen LogP contribution in [-0.4, -0.2) is 28.0 Å². The van der Waals surface area contributed by atoms with Crippen LogP contribution in [-0.2, 0) is 11.2 Å². The third-order valence-corrected chi connectivity index (χ3v) is 3.87. The maximum atomic E-state index is 12.2. The molecule has 0 atom stereocenters. The van der Waals surface area contributed by atoms with Crippen LogP contribution in [0.4, 0.5) is 0 Å². The summed E-state index contributed by atoms with van der Waals surface area (Å²) >= 11 is 1.36. The van der Waals surface area contributed by atoms with Gasteiger partial charge in [-0.3, -0.25) is 14.9 Å². The zero-order valence-electron chi connectivity index (χ0n) is 10.3. The molecule has 1 amide bonds. The van der Waals surface area contributed by atoms with Crippen molar-refractivity contribution in [3.05, 3.63) is 57.2 Å².